The molecule has 3 N–H and O–H groups in total. The second-order valence-corrected chi connectivity index (χ2v) is 4.68. The Hall–Kier alpha value is -1.59. The number of carbonyl (C=O) groups excluding carboxylic acids is 1. The highest BCUT2D eigenvalue weighted by Gasteiger charge is 2.05. The third-order valence-corrected chi connectivity index (χ3v) is 2.87. The Labute approximate surface area is 120 Å². The lowest BCUT2D eigenvalue weighted by molar-refractivity contribution is -0.116. The number of amides is 1. The molecule has 0 fully saturated rings. The second-order valence-electron chi connectivity index (χ2n) is 4.68. The molecule has 0 aromatic heterocycles. The zero-order chi connectivity index (χ0) is 14.8. The number of benzene rings is 1. The molecule has 1 amide bonds. The highest BCUT2D eigenvalue weighted by Crippen LogP contribution is 2.18. The first-order valence-corrected chi connectivity index (χ1v) is 6.86. The number of anilines is 2. The lowest BCUT2D eigenvalue weighted by Crippen LogP contribution is -2.13. The average Bonchev–Trinajstić information content (AvgIpc) is 2.42. The first-order chi connectivity index (χ1) is 9.63. The minimum absolute atomic E-state index is 0.0146. The van der Waals surface area contributed by atoms with E-state index < -0.39 is 0 Å². The van der Waals surface area contributed by atoms with Crippen LogP contribution in [-0.2, 0) is 14.3 Å². The molecule has 0 heterocycles. The van der Waals surface area contributed by atoms with Crippen LogP contribution in [0.15, 0.2) is 18.2 Å². The molecule has 0 radical (unpaired) electrons. The number of nitrogen functional groups attached to an aromatic ring is 1. The number of nitrogens with one attached hydrogen (secondary N) is 1. The van der Waals surface area contributed by atoms with Gasteiger partial charge in [-0.05, 0) is 37.5 Å². The first kappa shape index (κ1) is 16.5. The fourth-order valence-electron chi connectivity index (χ4n) is 1.73. The minimum atomic E-state index is -0.0146. The van der Waals surface area contributed by atoms with Gasteiger partial charge < -0.3 is 20.5 Å². The summed E-state index contributed by atoms with van der Waals surface area (Å²) in [7, 11) is 1.67. The summed E-state index contributed by atoms with van der Waals surface area (Å²) in [6.45, 7) is 3.90. The van der Waals surface area contributed by atoms with E-state index >= 15 is 0 Å². The SMILES string of the molecule is COCCCOCCCC(=O)Nc1cc(N)ccc1C. The van der Waals surface area contributed by atoms with E-state index in [1.165, 1.54) is 0 Å². The van der Waals surface area contributed by atoms with Crippen molar-refractivity contribution < 1.29 is 14.3 Å². The molecule has 112 valence electrons. The van der Waals surface area contributed by atoms with E-state index in [2.05, 4.69) is 5.32 Å². The number of ether oxygens (including phenoxy) is 2. The van der Waals surface area contributed by atoms with Crippen LogP contribution in [0.5, 0.6) is 0 Å². The highest BCUT2D eigenvalue weighted by molar-refractivity contribution is 5.91. The first-order valence-electron chi connectivity index (χ1n) is 6.86. The van der Waals surface area contributed by atoms with Gasteiger partial charge in [0.1, 0.15) is 0 Å². The summed E-state index contributed by atoms with van der Waals surface area (Å²) in [5.41, 5.74) is 8.12. The molecule has 0 aliphatic carbocycles. The van der Waals surface area contributed by atoms with Gasteiger partial charge in [0.2, 0.25) is 5.91 Å². The maximum atomic E-state index is 11.8. The van der Waals surface area contributed by atoms with Gasteiger partial charge in [-0.15, -0.1) is 0 Å². The monoisotopic (exact) mass is 280 g/mol. The van der Waals surface area contributed by atoms with Crippen LogP contribution in [0.2, 0.25) is 0 Å². The lowest BCUT2D eigenvalue weighted by Gasteiger charge is -2.09. The van der Waals surface area contributed by atoms with Gasteiger partial charge in [0.05, 0.1) is 0 Å². The summed E-state index contributed by atoms with van der Waals surface area (Å²) in [6, 6.07) is 5.48. The molecule has 1 aromatic carbocycles. The molecule has 0 saturated carbocycles. The van der Waals surface area contributed by atoms with Crippen LogP contribution < -0.4 is 11.1 Å². The molecule has 0 aliphatic rings. The molecule has 0 aliphatic heterocycles. The van der Waals surface area contributed by atoms with Crippen LogP contribution in [0.25, 0.3) is 0 Å². The van der Waals surface area contributed by atoms with Crippen LogP contribution >= 0.6 is 0 Å². The number of aryl methyl sites for hydroxylation is 1. The Morgan fingerprint density at radius 1 is 1.25 bits per heavy atom. The van der Waals surface area contributed by atoms with Crippen molar-refractivity contribution in [1.29, 1.82) is 0 Å². The zero-order valence-electron chi connectivity index (χ0n) is 12.3. The molecule has 0 atom stereocenters. The number of rotatable bonds is 9. The zero-order valence-corrected chi connectivity index (χ0v) is 12.3. The van der Waals surface area contributed by atoms with Gasteiger partial charge >= 0.3 is 0 Å². The molecule has 1 aromatic rings. The Kier molecular flexibility index (Phi) is 7.69. The van der Waals surface area contributed by atoms with E-state index in [1.54, 1.807) is 13.2 Å². The van der Waals surface area contributed by atoms with Crippen molar-refractivity contribution in [3.8, 4) is 0 Å². The molecule has 5 nitrogen and oxygen atoms in total. The maximum absolute atomic E-state index is 11.8. The lowest BCUT2D eigenvalue weighted by atomic mass is 10.1. The number of carbonyl (C=O) groups is 1. The summed E-state index contributed by atoms with van der Waals surface area (Å²) < 4.78 is 10.3. The molecule has 1 rings (SSSR count). The minimum Gasteiger partial charge on any atom is -0.399 e. The smallest absolute Gasteiger partial charge is 0.224 e. The van der Waals surface area contributed by atoms with E-state index in [9.17, 15) is 4.79 Å². The van der Waals surface area contributed by atoms with Crippen molar-refractivity contribution in [2.45, 2.75) is 26.2 Å². The Bertz CT molecular complexity index is 422. The molecule has 5 heteroatoms. The summed E-state index contributed by atoms with van der Waals surface area (Å²) in [6.07, 6.45) is 2.03. The predicted molar refractivity (Wildman–Crippen MR) is 80.8 cm³/mol. The van der Waals surface area contributed by atoms with E-state index in [0.29, 0.717) is 38.3 Å². The normalized spacial score (nSPS) is 10.5. The van der Waals surface area contributed by atoms with Crippen LogP contribution in [-0.4, -0.2) is 32.8 Å². The number of hydrogen-bond acceptors (Lipinski definition) is 4. The van der Waals surface area contributed by atoms with Crippen LogP contribution in [0, 0.1) is 6.92 Å². The van der Waals surface area contributed by atoms with Crippen molar-refractivity contribution >= 4 is 17.3 Å². The van der Waals surface area contributed by atoms with Gasteiger partial charge in [-0.2, -0.15) is 0 Å². The van der Waals surface area contributed by atoms with Crippen molar-refractivity contribution in [3.05, 3.63) is 23.8 Å². The predicted octanol–water partition coefficient (Wildman–Crippen LogP) is 2.35. The standard InChI is InChI=1S/C15H24N2O3/c1-12-6-7-13(16)11-14(12)17-15(18)5-3-9-20-10-4-8-19-2/h6-7,11H,3-5,8-10,16H2,1-2H3,(H,17,18). The quantitative estimate of drug-likeness (QED) is 0.538. The van der Waals surface area contributed by atoms with E-state index in [-0.39, 0.29) is 5.91 Å². The third kappa shape index (κ3) is 6.54. The molecule has 0 spiro atoms. The van der Waals surface area contributed by atoms with Gasteiger partial charge in [-0.3, -0.25) is 4.79 Å². The topological polar surface area (TPSA) is 73.6 Å². The number of hydrogen-bond donors (Lipinski definition) is 2. The molecule has 20 heavy (non-hydrogen) atoms. The van der Waals surface area contributed by atoms with Crippen molar-refractivity contribution in [2.24, 2.45) is 0 Å². The Balaban J connectivity index is 2.19. The third-order valence-electron chi connectivity index (χ3n) is 2.87. The summed E-state index contributed by atoms with van der Waals surface area (Å²) in [4.78, 5) is 11.8. The molecule has 0 unspecified atom stereocenters. The molecule has 0 saturated heterocycles. The fourth-order valence-corrected chi connectivity index (χ4v) is 1.73. The van der Waals surface area contributed by atoms with Crippen LogP contribution in [0.1, 0.15) is 24.8 Å². The summed E-state index contributed by atoms with van der Waals surface area (Å²) in [5, 5.41) is 2.87. The van der Waals surface area contributed by atoms with Gasteiger partial charge in [-0.1, -0.05) is 6.07 Å². The van der Waals surface area contributed by atoms with Gasteiger partial charge in [-0.25, -0.2) is 0 Å². The maximum Gasteiger partial charge on any atom is 0.224 e. The highest BCUT2D eigenvalue weighted by atomic mass is 16.5. The van der Waals surface area contributed by atoms with Crippen LogP contribution in [0.4, 0.5) is 11.4 Å². The number of nitrogens with two attached hydrogens (primary N) is 1. The Morgan fingerprint density at radius 3 is 2.75 bits per heavy atom. The van der Waals surface area contributed by atoms with Crippen molar-refractivity contribution in [3.63, 3.8) is 0 Å². The summed E-state index contributed by atoms with van der Waals surface area (Å²) >= 11 is 0. The summed E-state index contributed by atoms with van der Waals surface area (Å²) in [5.74, 6) is -0.0146. The second kappa shape index (κ2) is 9.34. The van der Waals surface area contributed by atoms with E-state index in [1.807, 2.05) is 19.1 Å². The van der Waals surface area contributed by atoms with E-state index in [4.69, 9.17) is 15.2 Å². The Morgan fingerprint density at radius 2 is 2.00 bits per heavy atom. The van der Waals surface area contributed by atoms with Gasteiger partial charge in [0, 0.05) is 44.7 Å². The van der Waals surface area contributed by atoms with E-state index in [0.717, 1.165) is 17.7 Å². The molecular formula is C15H24N2O3. The largest absolute Gasteiger partial charge is 0.399 e. The average molecular weight is 280 g/mol. The fraction of sp³-hybridized carbons (Fsp3) is 0.533. The number of methoxy groups -OCH3 is 1. The molecular weight excluding hydrogens is 256 g/mol. The van der Waals surface area contributed by atoms with Gasteiger partial charge in [0.15, 0.2) is 0 Å². The van der Waals surface area contributed by atoms with Gasteiger partial charge in [0.25, 0.3) is 0 Å². The molecule has 0 bridgehead atoms. The van der Waals surface area contributed by atoms with Crippen LogP contribution in [0.3, 0.4) is 0 Å². The van der Waals surface area contributed by atoms with Crippen molar-refractivity contribution in [1.82, 2.24) is 0 Å². The van der Waals surface area contributed by atoms with Crippen molar-refractivity contribution in [2.75, 3.05) is 38.0 Å².